The van der Waals surface area contributed by atoms with Gasteiger partial charge in [0.25, 0.3) is 0 Å². The Morgan fingerprint density at radius 3 is 2.93 bits per heavy atom. The van der Waals surface area contributed by atoms with Gasteiger partial charge in [-0.25, -0.2) is 0 Å². The number of amides is 2. The van der Waals surface area contributed by atoms with Gasteiger partial charge in [-0.2, -0.15) is 0 Å². The average Bonchev–Trinajstić information content (AvgIpc) is 2.60. The summed E-state index contributed by atoms with van der Waals surface area (Å²) in [6.07, 6.45) is 1.39. The first-order valence-electron chi connectivity index (χ1n) is 5.41. The Kier molecular flexibility index (Phi) is 4.55. The van der Waals surface area contributed by atoms with Crippen LogP contribution in [0.3, 0.4) is 0 Å². The molecule has 0 aromatic rings. The molecule has 5 heteroatoms. The van der Waals surface area contributed by atoms with Gasteiger partial charge in [-0.15, -0.1) is 0 Å². The molecular formula is C10H19N3O2. The first-order valence-corrected chi connectivity index (χ1v) is 5.41. The Morgan fingerprint density at radius 2 is 2.40 bits per heavy atom. The Balaban J connectivity index is 2.16. The number of carbonyl (C=O) groups is 2. The fourth-order valence-electron chi connectivity index (χ4n) is 1.40. The van der Waals surface area contributed by atoms with E-state index in [4.69, 9.17) is 0 Å². The zero-order valence-electron chi connectivity index (χ0n) is 9.30. The van der Waals surface area contributed by atoms with Crippen molar-refractivity contribution in [2.24, 2.45) is 0 Å². The fourth-order valence-corrected chi connectivity index (χ4v) is 1.40. The molecule has 0 aliphatic carbocycles. The molecule has 2 unspecified atom stereocenters. The van der Waals surface area contributed by atoms with E-state index in [0.29, 0.717) is 25.6 Å². The second-order valence-corrected chi connectivity index (χ2v) is 3.96. The van der Waals surface area contributed by atoms with E-state index < -0.39 is 0 Å². The number of hydrogen-bond acceptors (Lipinski definition) is 3. The molecule has 1 saturated heterocycles. The predicted molar refractivity (Wildman–Crippen MR) is 57.3 cm³/mol. The summed E-state index contributed by atoms with van der Waals surface area (Å²) < 4.78 is 0. The first kappa shape index (κ1) is 12.0. The Hall–Kier alpha value is -1.10. The summed E-state index contributed by atoms with van der Waals surface area (Å²) in [6, 6.07) is 0.308. The minimum atomic E-state index is -0.0446. The highest BCUT2D eigenvalue weighted by atomic mass is 16.2. The second-order valence-electron chi connectivity index (χ2n) is 3.96. The van der Waals surface area contributed by atoms with E-state index in [-0.39, 0.29) is 17.9 Å². The van der Waals surface area contributed by atoms with Gasteiger partial charge in [0.05, 0.1) is 12.6 Å². The molecule has 0 bridgehead atoms. The van der Waals surface area contributed by atoms with E-state index in [2.05, 4.69) is 22.9 Å². The molecule has 3 N–H and O–H groups in total. The molecule has 0 spiro atoms. The zero-order chi connectivity index (χ0) is 11.3. The summed E-state index contributed by atoms with van der Waals surface area (Å²) in [5, 5.41) is 8.58. The van der Waals surface area contributed by atoms with Crippen LogP contribution in [-0.2, 0) is 9.59 Å². The molecule has 1 aliphatic heterocycles. The molecule has 0 radical (unpaired) electrons. The van der Waals surface area contributed by atoms with Crippen LogP contribution in [-0.4, -0.2) is 37.0 Å². The zero-order valence-corrected chi connectivity index (χ0v) is 9.30. The number of carbonyl (C=O) groups excluding carboxylic acids is 2. The van der Waals surface area contributed by atoms with Gasteiger partial charge in [0, 0.05) is 19.0 Å². The Labute approximate surface area is 90.0 Å². The summed E-state index contributed by atoms with van der Waals surface area (Å²) in [5.41, 5.74) is 0. The van der Waals surface area contributed by atoms with Crippen molar-refractivity contribution < 1.29 is 9.59 Å². The van der Waals surface area contributed by atoms with Crippen LogP contribution in [0.25, 0.3) is 0 Å². The third-order valence-electron chi connectivity index (χ3n) is 2.57. The highest BCUT2D eigenvalue weighted by Crippen LogP contribution is 1.98. The van der Waals surface area contributed by atoms with Crippen molar-refractivity contribution in [2.75, 3.05) is 13.1 Å². The lowest BCUT2D eigenvalue weighted by molar-refractivity contribution is -0.121. The normalized spacial score (nSPS) is 22.3. The number of nitrogens with one attached hydrogen (secondary N) is 3. The number of hydrogen-bond donors (Lipinski definition) is 3. The van der Waals surface area contributed by atoms with Crippen molar-refractivity contribution in [1.82, 2.24) is 16.0 Å². The monoisotopic (exact) mass is 213 g/mol. The molecule has 86 valence electrons. The van der Waals surface area contributed by atoms with Crippen molar-refractivity contribution in [3.8, 4) is 0 Å². The maximum Gasteiger partial charge on any atom is 0.234 e. The SMILES string of the molecule is CCC(C)NCC(=O)NC1CNC(=O)C1. The van der Waals surface area contributed by atoms with Crippen LogP contribution in [0.15, 0.2) is 0 Å². The molecule has 2 atom stereocenters. The molecule has 1 heterocycles. The topological polar surface area (TPSA) is 70.2 Å². The van der Waals surface area contributed by atoms with Crippen LogP contribution in [0.4, 0.5) is 0 Å². The van der Waals surface area contributed by atoms with Crippen molar-refractivity contribution >= 4 is 11.8 Å². The maximum absolute atomic E-state index is 11.4. The van der Waals surface area contributed by atoms with Crippen LogP contribution in [0.2, 0.25) is 0 Å². The lowest BCUT2D eigenvalue weighted by Gasteiger charge is -2.13. The van der Waals surface area contributed by atoms with Gasteiger partial charge in [0.15, 0.2) is 0 Å². The van der Waals surface area contributed by atoms with Gasteiger partial charge < -0.3 is 16.0 Å². The van der Waals surface area contributed by atoms with Gasteiger partial charge in [-0.1, -0.05) is 6.92 Å². The highest BCUT2D eigenvalue weighted by molar-refractivity contribution is 5.82. The van der Waals surface area contributed by atoms with Crippen LogP contribution in [0, 0.1) is 0 Å². The van der Waals surface area contributed by atoms with E-state index in [9.17, 15) is 9.59 Å². The van der Waals surface area contributed by atoms with Crippen molar-refractivity contribution in [3.05, 3.63) is 0 Å². The minimum absolute atomic E-state index is 0.00943. The summed E-state index contributed by atoms with van der Waals surface area (Å²) in [6.45, 7) is 4.97. The van der Waals surface area contributed by atoms with Gasteiger partial charge >= 0.3 is 0 Å². The molecule has 2 amide bonds. The van der Waals surface area contributed by atoms with E-state index in [1.54, 1.807) is 0 Å². The van der Waals surface area contributed by atoms with E-state index in [1.165, 1.54) is 0 Å². The van der Waals surface area contributed by atoms with Gasteiger partial charge in [0.2, 0.25) is 11.8 Å². The van der Waals surface area contributed by atoms with Crippen LogP contribution >= 0.6 is 0 Å². The average molecular weight is 213 g/mol. The summed E-state index contributed by atoms with van der Waals surface area (Å²) in [7, 11) is 0. The highest BCUT2D eigenvalue weighted by Gasteiger charge is 2.22. The lowest BCUT2D eigenvalue weighted by atomic mass is 10.2. The van der Waals surface area contributed by atoms with Crippen LogP contribution < -0.4 is 16.0 Å². The third kappa shape index (κ3) is 4.29. The molecule has 0 saturated carbocycles. The van der Waals surface area contributed by atoms with Crippen LogP contribution in [0.5, 0.6) is 0 Å². The number of rotatable bonds is 5. The first-order chi connectivity index (χ1) is 7.11. The van der Waals surface area contributed by atoms with Crippen LogP contribution in [0.1, 0.15) is 26.7 Å². The summed E-state index contributed by atoms with van der Waals surface area (Å²) in [5.74, 6) is -0.0352. The molecular weight excluding hydrogens is 194 g/mol. The van der Waals surface area contributed by atoms with Gasteiger partial charge in [-0.3, -0.25) is 9.59 Å². The lowest BCUT2D eigenvalue weighted by Crippen LogP contribution is -2.43. The largest absolute Gasteiger partial charge is 0.354 e. The molecule has 5 nitrogen and oxygen atoms in total. The van der Waals surface area contributed by atoms with Crippen molar-refractivity contribution in [1.29, 1.82) is 0 Å². The maximum atomic E-state index is 11.4. The fraction of sp³-hybridized carbons (Fsp3) is 0.800. The molecule has 15 heavy (non-hydrogen) atoms. The molecule has 1 rings (SSSR count). The minimum Gasteiger partial charge on any atom is -0.354 e. The quantitative estimate of drug-likeness (QED) is 0.570. The molecule has 0 aromatic heterocycles. The second kappa shape index (κ2) is 5.70. The summed E-state index contributed by atoms with van der Waals surface area (Å²) in [4.78, 5) is 22.3. The smallest absolute Gasteiger partial charge is 0.234 e. The van der Waals surface area contributed by atoms with Gasteiger partial charge in [-0.05, 0) is 13.3 Å². The Bertz CT molecular complexity index is 243. The van der Waals surface area contributed by atoms with Crippen molar-refractivity contribution in [3.63, 3.8) is 0 Å². The van der Waals surface area contributed by atoms with E-state index in [1.807, 2.05) is 6.92 Å². The van der Waals surface area contributed by atoms with E-state index in [0.717, 1.165) is 6.42 Å². The predicted octanol–water partition coefficient (Wildman–Crippen LogP) is -0.621. The molecule has 1 aliphatic rings. The Morgan fingerprint density at radius 1 is 1.67 bits per heavy atom. The third-order valence-corrected chi connectivity index (χ3v) is 2.57. The van der Waals surface area contributed by atoms with Gasteiger partial charge in [0.1, 0.15) is 0 Å². The summed E-state index contributed by atoms with van der Waals surface area (Å²) >= 11 is 0. The standard InChI is InChI=1S/C10H19N3O2/c1-3-7(2)11-6-10(15)13-8-4-9(14)12-5-8/h7-8,11H,3-6H2,1-2H3,(H,12,14)(H,13,15). The molecule has 1 fully saturated rings. The molecule has 0 aromatic carbocycles. The van der Waals surface area contributed by atoms with E-state index >= 15 is 0 Å². The van der Waals surface area contributed by atoms with Crippen molar-refractivity contribution in [2.45, 2.75) is 38.8 Å².